The van der Waals surface area contributed by atoms with Crippen LogP contribution in [0.3, 0.4) is 0 Å². The van der Waals surface area contributed by atoms with Crippen molar-refractivity contribution < 1.29 is 28.4 Å². The van der Waals surface area contributed by atoms with Gasteiger partial charge in [0, 0.05) is 18.2 Å². The van der Waals surface area contributed by atoms with E-state index >= 15 is 0 Å². The van der Waals surface area contributed by atoms with E-state index in [1.807, 2.05) is 182 Å². The molecular formula is C42H30O6. The van der Waals surface area contributed by atoms with Crippen LogP contribution in [0.1, 0.15) is 0 Å². The number of para-hydroxylation sites is 6. The van der Waals surface area contributed by atoms with E-state index in [2.05, 4.69) is 0 Å². The Labute approximate surface area is 278 Å². The predicted octanol–water partition coefficient (Wildman–Crippen LogP) is 12.4. The lowest BCUT2D eigenvalue weighted by Crippen LogP contribution is -1.93. The molecule has 6 nitrogen and oxygen atoms in total. The molecule has 0 aromatic heterocycles. The van der Waals surface area contributed by atoms with Crippen molar-refractivity contribution in [2.75, 3.05) is 0 Å². The second-order valence-corrected chi connectivity index (χ2v) is 10.6. The normalized spacial score (nSPS) is 10.5. The molecule has 7 aromatic carbocycles. The van der Waals surface area contributed by atoms with Gasteiger partial charge < -0.3 is 28.4 Å². The van der Waals surface area contributed by atoms with Gasteiger partial charge in [-0.1, -0.05) is 78.9 Å². The summed E-state index contributed by atoms with van der Waals surface area (Å²) >= 11 is 0. The van der Waals surface area contributed by atoms with Gasteiger partial charge in [0.1, 0.15) is 46.0 Å². The molecule has 0 N–H and O–H groups in total. The van der Waals surface area contributed by atoms with Crippen molar-refractivity contribution in [1.82, 2.24) is 0 Å². The summed E-state index contributed by atoms with van der Waals surface area (Å²) < 4.78 is 37.0. The van der Waals surface area contributed by atoms with Crippen LogP contribution in [0.25, 0.3) is 0 Å². The van der Waals surface area contributed by atoms with Crippen molar-refractivity contribution in [1.29, 1.82) is 0 Å². The maximum atomic E-state index is 6.29. The number of benzene rings is 7. The minimum Gasteiger partial charge on any atom is -0.457 e. The smallest absolute Gasteiger partial charge is 0.169 e. The SMILES string of the molecule is c1ccc(Oc2cccc(Oc3ccccc3Oc3cccc(Oc4ccccc4Oc4cccc(Oc5ccccc5)c4)c3)c2)cc1. The van der Waals surface area contributed by atoms with E-state index in [-0.39, 0.29) is 0 Å². The van der Waals surface area contributed by atoms with Crippen LogP contribution in [0.15, 0.2) is 182 Å². The maximum absolute atomic E-state index is 6.29. The van der Waals surface area contributed by atoms with Crippen LogP contribution < -0.4 is 28.4 Å². The minimum absolute atomic E-state index is 0.547. The lowest BCUT2D eigenvalue weighted by molar-refractivity contribution is 0.405. The van der Waals surface area contributed by atoms with Crippen molar-refractivity contribution >= 4 is 0 Å². The zero-order chi connectivity index (χ0) is 32.4. The molecule has 6 heteroatoms. The molecule has 0 aliphatic rings. The van der Waals surface area contributed by atoms with Gasteiger partial charge in [0.15, 0.2) is 23.0 Å². The molecule has 0 amide bonds. The summed E-state index contributed by atoms with van der Waals surface area (Å²) in [5, 5.41) is 0. The van der Waals surface area contributed by atoms with Crippen molar-refractivity contribution in [2.24, 2.45) is 0 Å². The number of ether oxygens (including phenoxy) is 6. The Balaban J connectivity index is 1.04. The van der Waals surface area contributed by atoms with E-state index in [1.165, 1.54) is 0 Å². The molecule has 0 saturated carbocycles. The standard InChI is InChI=1S/C42H30O6/c1-3-14-31(15-4-1)43-33-18-11-20-35(28-33)45-39-24-7-9-26-41(39)47-37-22-13-23-38(30-37)48-42-27-10-8-25-40(42)46-36-21-12-19-34(29-36)44-32-16-5-2-6-17-32/h1-30H. The minimum atomic E-state index is 0.547. The molecule has 0 aliphatic heterocycles. The first kappa shape index (κ1) is 30.0. The van der Waals surface area contributed by atoms with E-state index in [0.717, 1.165) is 11.5 Å². The average Bonchev–Trinajstić information content (AvgIpc) is 3.11. The summed E-state index contributed by atoms with van der Waals surface area (Å²) in [4.78, 5) is 0. The third-order valence-electron chi connectivity index (χ3n) is 6.98. The van der Waals surface area contributed by atoms with Crippen LogP contribution in [0.4, 0.5) is 0 Å². The summed E-state index contributed by atoms with van der Waals surface area (Å²) in [7, 11) is 0. The Morgan fingerprint density at radius 3 is 0.708 bits per heavy atom. The van der Waals surface area contributed by atoms with Crippen molar-refractivity contribution in [2.45, 2.75) is 0 Å². The van der Waals surface area contributed by atoms with Crippen LogP contribution in [-0.4, -0.2) is 0 Å². The van der Waals surface area contributed by atoms with Crippen molar-refractivity contribution in [3.63, 3.8) is 0 Å². The Morgan fingerprint density at radius 1 is 0.188 bits per heavy atom. The molecule has 0 radical (unpaired) electrons. The molecule has 7 rings (SSSR count). The quantitative estimate of drug-likeness (QED) is 0.134. The van der Waals surface area contributed by atoms with Gasteiger partial charge in [0.25, 0.3) is 0 Å². The van der Waals surface area contributed by atoms with Gasteiger partial charge in [-0.25, -0.2) is 0 Å². The van der Waals surface area contributed by atoms with Gasteiger partial charge in [0.05, 0.1) is 0 Å². The van der Waals surface area contributed by atoms with E-state index < -0.39 is 0 Å². The Bertz CT molecular complexity index is 1950. The molecule has 0 heterocycles. The summed E-state index contributed by atoms with van der Waals surface area (Å²) in [6, 6.07) is 56.6. The molecule has 0 fully saturated rings. The van der Waals surface area contributed by atoms with Crippen LogP contribution in [-0.2, 0) is 0 Å². The van der Waals surface area contributed by atoms with E-state index in [1.54, 1.807) is 0 Å². The Morgan fingerprint density at radius 2 is 0.417 bits per heavy atom. The van der Waals surface area contributed by atoms with Gasteiger partial charge >= 0.3 is 0 Å². The third kappa shape index (κ3) is 7.94. The monoisotopic (exact) mass is 630 g/mol. The summed E-state index contributed by atoms with van der Waals surface area (Å²) in [5.74, 6) is 7.42. The zero-order valence-electron chi connectivity index (χ0n) is 25.8. The van der Waals surface area contributed by atoms with Gasteiger partial charge in [0.2, 0.25) is 0 Å². The van der Waals surface area contributed by atoms with Crippen LogP contribution >= 0.6 is 0 Å². The Hall–Kier alpha value is -6.66. The molecule has 0 atom stereocenters. The highest BCUT2D eigenvalue weighted by atomic mass is 16.5. The molecule has 0 saturated heterocycles. The van der Waals surface area contributed by atoms with E-state index in [9.17, 15) is 0 Å². The zero-order valence-corrected chi connectivity index (χ0v) is 25.8. The van der Waals surface area contributed by atoms with E-state index in [4.69, 9.17) is 28.4 Å². The molecule has 0 bridgehead atoms. The molecule has 0 spiro atoms. The van der Waals surface area contributed by atoms with Gasteiger partial charge in [-0.05, 0) is 84.9 Å². The summed E-state index contributed by atoms with van der Waals surface area (Å²) in [5.41, 5.74) is 0. The lowest BCUT2D eigenvalue weighted by Gasteiger charge is -2.15. The van der Waals surface area contributed by atoms with Gasteiger partial charge in [-0.2, -0.15) is 0 Å². The number of hydrogen-bond donors (Lipinski definition) is 0. The highest BCUT2D eigenvalue weighted by Gasteiger charge is 2.12. The molecule has 48 heavy (non-hydrogen) atoms. The summed E-state index contributed by atoms with van der Waals surface area (Å²) in [6.45, 7) is 0. The van der Waals surface area contributed by atoms with Crippen LogP contribution in [0.5, 0.6) is 69.0 Å². The molecule has 0 unspecified atom stereocenters. The second-order valence-electron chi connectivity index (χ2n) is 10.6. The lowest BCUT2D eigenvalue weighted by atomic mass is 10.2. The van der Waals surface area contributed by atoms with E-state index in [0.29, 0.717) is 57.5 Å². The second kappa shape index (κ2) is 14.6. The predicted molar refractivity (Wildman–Crippen MR) is 186 cm³/mol. The first-order valence-electron chi connectivity index (χ1n) is 15.4. The molecule has 7 aromatic rings. The molecule has 0 aliphatic carbocycles. The maximum Gasteiger partial charge on any atom is 0.169 e. The largest absolute Gasteiger partial charge is 0.457 e. The molecular weight excluding hydrogens is 600 g/mol. The molecule has 234 valence electrons. The number of hydrogen-bond acceptors (Lipinski definition) is 6. The van der Waals surface area contributed by atoms with Gasteiger partial charge in [-0.3, -0.25) is 0 Å². The van der Waals surface area contributed by atoms with Gasteiger partial charge in [-0.15, -0.1) is 0 Å². The van der Waals surface area contributed by atoms with Crippen molar-refractivity contribution in [3.05, 3.63) is 182 Å². The first-order valence-corrected chi connectivity index (χ1v) is 15.4. The van der Waals surface area contributed by atoms with Crippen LogP contribution in [0, 0.1) is 0 Å². The topological polar surface area (TPSA) is 55.4 Å². The third-order valence-corrected chi connectivity index (χ3v) is 6.98. The fourth-order valence-electron chi connectivity index (χ4n) is 4.80. The fourth-order valence-corrected chi connectivity index (χ4v) is 4.80. The van der Waals surface area contributed by atoms with Crippen LogP contribution in [0.2, 0.25) is 0 Å². The highest BCUT2D eigenvalue weighted by molar-refractivity contribution is 5.50. The average molecular weight is 631 g/mol. The number of rotatable bonds is 12. The summed E-state index contributed by atoms with van der Waals surface area (Å²) in [6.07, 6.45) is 0. The van der Waals surface area contributed by atoms with Crippen molar-refractivity contribution in [3.8, 4) is 69.0 Å². The highest BCUT2D eigenvalue weighted by Crippen LogP contribution is 2.39. The first-order chi connectivity index (χ1) is 23.7. The Kier molecular flexibility index (Phi) is 9.15. The fraction of sp³-hybridized carbons (Fsp3) is 0.